The summed E-state index contributed by atoms with van der Waals surface area (Å²) in [6.07, 6.45) is 4.14. The SMILES string of the molecule is Cc1ccccc1N(C)c1ccc(-c2cnn(C3CCCCO3)c(=O)c2Cl)cc1. The number of ether oxygens (including phenoxy) is 1. The van der Waals surface area contributed by atoms with E-state index < -0.39 is 0 Å². The summed E-state index contributed by atoms with van der Waals surface area (Å²) >= 11 is 6.43. The van der Waals surface area contributed by atoms with E-state index in [4.69, 9.17) is 16.3 Å². The Labute approximate surface area is 175 Å². The maximum absolute atomic E-state index is 12.7. The van der Waals surface area contributed by atoms with Gasteiger partial charge >= 0.3 is 0 Å². The molecule has 2 heterocycles. The van der Waals surface area contributed by atoms with Crippen molar-refractivity contribution >= 4 is 23.0 Å². The second-order valence-electron chi connectivity index (χ2n) is 7.34. The third-order valence-corrected chi connectivity index (χ3v) is 5.78. The van der Waals surface area contributed by atoms with Gasteiger partial charge in [0.15, 0.2) is 6.23 Å². The number of hydrogen-bond acceptors (Lipinski definition) is 4. The van der Waals surface area contributed by atoms with Gasteiger partial charge in [-0.05, 0) is 55.5 Å². The van der Waals surface area contributed by atoms with E-state index >= 15 is 0 Å². The van der Waals surface area contributed by atoms with Crippen molar-refractivity contribution in [1.29, 1.82) is 0 Å². The lowest BCUT2D eigenvalue weighted by Gasteiger charge is -2.24. The van der Waals surface area contributed by atoms with Crippen LogP contribution in [0.5, 0.6) is 0 Å². The van der Waals surface area contributed by atoms with Gasteiger partial charge in [-0.15, -0.1) is 0 Å². The number of halogens is 1. The molecule has 0 N–H and O–H groups in total. The Kier molecular flexibility index (Phi) is 5.69. The smallest absolute Gasteiger partial charge is 0.288 e. The van der Waals surface area contributed by atoms with Crippen molar-refractivity contribution in [3.8, 4) is 11.1 Å². The molecule has 1 unspecified atom stereocenters. The lowest BCUT2D eigenvalue weighted by atomic mass is 10.1. The van der Waals surface area contributed by atoms with Crippen LogP contribution in [0.25, 0.3) is 11.1 Å². The number of nitrogens with zero attached hydrogens (tertiary/aromatic N) is 3. The van der Waals surface area contributed by atoms with Crippen LogP contribution in [-0.4, -0.2) is 23.4 Å². The Morgan fingerprint density at radius 2 is 1.90 bits per heavy atom. The largest absolute Gasteiger partial charge is 0.356 e. The zero-order valence-electron chi connectivity index (χ0n) is 16.6. The topological polar surface area (TPSA) is 47.4 Å². The maximum atomic E-state index is 12.7. The van der Waals surface area contributed by atoms with E-state index in [0.29, 0.717) is 12.2 Å². The first-order valence-electron chi connectivity index (χ1n) is 9.85. The standard InChI is InChI=1S/C23H24ClN3O2/c1-16-7-3-4-8-20(16)26(2)18-12-10-17(11-13-18)19-15-25-27(23(28)22(19)24)21-9-5-6-14-29-21/h3-4,7-8,10-13,15,21H,5-6,9,14H2,1-2H3. The van der Waals surface area contributed by atoms with Crippen molar-refractivity contribution in [2.75, 3.05) is 18.6 Å². The van der Waals surface area contributed by atoms with E-state index in [9.17, 15) is 4.79 Å². The highest BCUT2D eigenvalue weighted by Gasteiger charge is 2.21. The molecular weight excluding hydrogens is 386 g/mol. The predicted molar refractivity (Wildman–Crippen MR) is 117 cm³/mol. The number of aromatic nitrogens is 2. The van der Waals surface area contributed by atoms with Crippen LogP contribution in [0.2, 0.25) is 5.02 Å². The summed E-state index contributed by atoms with van der Waals surface area (Å²) in [4.78, 5) is 14.9. The molecule has 1 saturated heterocycles. The predicted octanol–water partition coefficient (Wildman–Crippen LogP) is 5.34. The van der Waals surface area contributed by atoms with E-state index in [2.05, 4.69) is 29.1 Å². The molecule has 1 aliphatic heterocycles. The molecule has 0 aliphatic carbocycles. The normalized spacial score (nSPS) is 16.6. The minimum atomic E-state index is -0.326. The Bertz CT molecular complexity index is 1060. The van der Waals surface area contributed by atoms with Crippen LogP contribution in [0.15, 0.2) is 59.5 Å². The van der Waals surface area contributed by atoms with E-state index in [-0.39, 0.29) is 16.8 Å². The van der Waals surface area contributed by atoms with Gasteiger partial charge in [-0.25, -0.2) is 0 Å². The number of para-hydroxylation sites is 1. The van der Waals surface area contributed by atoms with Gasteiger partial charge in [0.05, 0.1) is 6.20 Å². The molecule has 150 valence electrons. The fourth-order valence-electron chi connectivity index (χ4n) is 3.71. The van der Waals surface area contributed by atoms with E-state index in [0.717, 1.165) is 36.2 Å². The highest BCUT2D eigenvalue weighted by molar-refractivity contribution is 6.33. The van der Waals surface area contributed by atoms with Gasteiger partial charge in [-0.1, -0.05) is 41.9 Å². The van der Waals surface area contributed by atoms with E-state index in [1.807, 2.05) is 43.4 Å². The molecule has 0 bridgehead atoms. The first kappa shape index (κ1) is 19.7. The Morgan fingerprint density at radius 3 is 2.59 bits per heavy atom. The molecule has 1 aromatic heterocycles. The summed E-state index contributed by atoms with van der Waals surface area (Å²) < 4.78 is 7.04. The second kappa shape index (κ2) is 8.39. The first-order valence-corrected chi connectivity index (χ1v) is 10.2. The molecule has 0 amide bonds. The fraction of sp³-hybridized carbons (Fsp3) is 0.304. The maximum Gasteiger partial charge on any atom is 0.288 e. The summed E-state index contributed by atoms with van der Waals surface area (Å²) in [5.74, 6) is 0. The molecule has 6 heteroatoms. The minimum absolute atomic E-state index is 0.175. The molecule has 0 radical (unpaired) electrons. The molecule has 5 nitrogen and oxygen atoms in total. The van der Waals surface area contributed by atoms with Crippen LogP contribution in [-0.2, 0) is 4.74 Å². The van der Waals surface area contributed by atoms with Gasteiger partial charge in [0, 0.05) is 30.6 Å². The van der Waals surface area contributed by atoms with Crippen molar-refractivity contribution in [2.24, 2.45) is 0 Å². The lowest BCUT2D eigenvalue weighted by Crippen LogP contribution is -2.31. The second-order valence-corrected chi connectivity index (χ2v) is 7.71. The van der Waals surface area contributed by atoms with Crippen LogP contribution in [0.3, 0.4) is 0 Å². The molecule has 2 aromatic carbocycles. The Hall–Kier alpha value is -2.63. The van der Waals surface area contributed by atoms with E-state index in [1.54, 1.807) is 6.20 Å². The van der Waals surface area contributed by atoms with Crippen molar-refractivity contribution < 1.29 is 4.74 Å². The molecule has 1 atom stereocenters. The molecule has 29 heavy (non-hydrogen) atoms. The fourth-order valence-corrected chi connectivity index (χ4v) is 3.96. The van der Waals surface area contributed by atoms with Crippen LogP contribution < -0.4 is 10.5 Å². The van der Waals surface area contributed by atoms with Crippen LogP contribution in [0.1, 0.15) is 31.1 Å². The lowest BCUT2D eigenvalue weighted by molar-refractivity contribution is -0.0424. The number of hydrogen-bond donors (Lipinski definition) is 0. The van der Waals surface area contributed by atoms with Crippen LogP contribution in [0, 0.1) is 6.92 Å². The summed E-state index contributed by atoms with van der Waals surface area (Å²) in [6, 6.07) is 16.2. The minimum Gasteiger partial charge on any atom is -0.356 e. The summed E-state index contributed by atoms with van der Waals surface area (Å²) in [5.41, 5.74) is 4.59. The zero-order valence-corrected chi connectivity index (χ0v) is 17.4. The zero-order chi connectivity index (χ0) is 20.4. The molecular formula is C23H24ClN3O2. The van der Waals surface area contributed by atoms with Crippen molar-refractivity contribution in [3.63, 3.8) is 0 Å². The monoisotopic (exact) mass is 409 g/mol. The molecule has 1 aliphatic rings. The Morgan fingerprint density at radius 1 is 1.14 bits per heavy atom. The third kappa shape index (κ3) is 3.93. The Balaban J connectivity index is 1.61. The number of benzene rings is 2. The number of anilines is 2. The molecule has 0 saturated carbocycles. The number of rotatable bonds is 4. The average Bonchev–Trinajstić information content (AvgIpc) is 2.76. The highest BCUT2D eigenvalue weighted by atomic mass is 35.5. The number of aryl methyl sites for hydroxylation is 1. The van der Waals surface area contributed by atoms with Gasteiger partial charge in [-0.3, -0.25) is 4.79 Å². The van der Waals surface area contributed by atoms with Gasteiger partial charge in [0.25, 0.3) is 5.56 Å². The molecule has 0 spiro atoms. The summed E-state index contributed by atoms with van der Waals surface area (Å²) in [5, 5.41) is 4.52. The van der Waals surface area contributed by atoms with Crippen LogP contribution >= 0.6 is 11.6 Å². The van der Waals surface area contributed by atoms with Crippen molar-refractivity contribution in [2.45, 2.75) is 32.4 Å². The first-order chi connectivity index (χ1) is 14.1. The van der Waals surface area contributed by atoms with Gasteiger partial charge in [0.1, 0.15) is 5.02 Å². The van der Waals surface area contributed by atoms with Gasteiger partial charge in [-0.2, -0.15) is 9.78 Å². The third-order valence-electron chi connectivity index (χ3n) is 5.41. The average molecular weight is 410 g/mol. The van der Waals surface area contributed by atoms with E-state index in [1.165, 1.54) is 10.2 Å². The summed E-state index contributed by atoms with van der Waals surface area (Å²) in [6.45, 7) is 2.74. The molecule has 4 rings (SSSR count). The molecule has 1 fully saturated rings. The van der Waals surface area contributed by atoms with Crippen molar-refractivity contribution in [1.82, 2.24) is 9.78 Å². The summed E-state index contributed by atoms with van der Waals surface area (Å²) in [7, 11) is 2.04. The highest BCUT2D eigenvalue weighted by Crippen LogP contribution is 2.31. The van der Waals surface area contributed by atoms with Gasteiger partial charge < -0.3 is 9.64 Å². The molecule has 3 aromatic rings. The quantitative estimate of drug-likeness (QED) is 0.583. The van der Waals surface area contributed by atoms with Gasteiger partial charge in [0.2, 0.25) is 0 Å². The van der Waals surface area contributed by atoms with Crippen LogP contribution in [0.4, 0.5) is 11.4 Å². The van der Waals surface area contributed by atoms with Crippen molar-refractivity contribution in [3.05, 3.63) is 75.7 Å².